The lowest BCUT2D eigenvalue weighted by atomic mass is 10.4. The highest BCUT2D eigenvalue weighted by molar-refractivity contribution is 14.0. The largest absolute Gasteiger partial charge is 0.357 e. The van der Waals surface area contributed by atoms with Gasteiger partial charge < -0.3 is 15.1 Å². The molecule has 1 heterocycles. The van der Waals surface area contributed by atoms with Gasteiger partial charge in [0.25, 0.3) is 0 Å². The summed E-state index contributed by atoms with van der Waals surface area (Å²) >= 11 is 0. The number of sulfonamides is 1. The van der Waals surface area contributed by atoms with E-state index in [1.54, 1.807) is 9.80 Å². The molecule has 0 spiro atoms. The summed E-state index contributed by atoms with van der Waals surface area (Å²) in [7, 11) is -1.27. The highest BCUT2D eigenvalue weighted by atomic mass is 127. The van der Waals surface area contributed by atoms with Gasteiger partial charge in [0, 0.05) is 39.8 Å². The summed E-state index contributed by atoms with van der Waals surface area (Å²) in [5, 5.41) is 3.15. The molecule has 0 atom stereocenters. The molecule has 8 nitrogen and oxygen atoms in total. The van der Waals surface area contributed by atoms with Crippen LogP contribution in [0.3, 0.4) is 0 Å². The van der Waals surface area contributed by atoms with Crippen LogP contribution in [0.2, 0.25) is 0 Å². The molecule has 0 radical (unpaired) electrons. The van der Waals surface area contributed by atoms with Crippen LogP contribution in [0.5, 0.6) is 0 Å². The van der Waals surface area contributed by atoms with Gasteiger partial charge in [-0.15, -0.1) is 24.0 Å². The third kappa shape index (κ3) is 7.65. The number of nitrogens with zero attached hydrogens (tertiary/aromatic N) is 4. The number of aliphatic imine (C=N–C) groups is 1. The monoisotopic (exact) mass is 489 g/mol. The van der Waals surface area contributed by atoms with E-state index in [0.717, 1.165) is 0 Å². The molecule has 0 aromatic heterocycles. The average molecular weight is 489 g/mol. The minimum absolute atomic E-state index is 0. The summed E-state index contributed by atoms with van der Waals surface area (Å²) in [5.74, 6) is 0.902. The number of hydrogen-bond acceptors (Lipinski definition) is 4. The van der Waals surface area contributed by atoms with Crippen LogP contribution in [0, 0.1) is 0 Å². The molecule has 1 aliphatic heterocycles. The molecule has 1 amide bonds. The SMILES string of the molecule is CCNC(=NCCN1CCCS1(=O)=O)N(C)CC(=O)N(CC)CC.I. The van der Waals surface area contributed by atoms with Gasteiger partial charge >= 0.3 is 0 Å². The van der Waals surface area contributed by atoms with Gasteiger partial charge in [0.2, 0.25) is 15.9 Å². The van der Waals surface area contributed by atoms with E-state index < -0.39 is 10.0 Å². The third-order valence-corrected chi connectivity index (χ3v) is 5.96. The zero-order valence-electron chi connectivity index (χ0n) is 15.7. The molecule has 0 aromatic rings. The lowest BCUT2D eigenvalue weighted by molar-refractivity contribution is -0.131. The molecular weight excluding hydrogens is 457 g/mol. The Bertz CT molecular complexity index is 537. The van der Waals surface area contributed by atoms with Crippen molar-refractivity contribution >= 4 is 45.9 Å². The van der Waals surface area contributed by atoms with Crippen molar-refractivity contribution in [2.24, 2.45) is 4.99 Å². The van der Waals surface area contributed by atoms with E-state index in [9.17, 15) is 13.2 Å². The van der Waals surface area contributed by atoms with Gasteiger partial charge in [-0.1, -0.05) is 0 Å². The van der Waals surface area contributed by atoms with E-state index in [0.29, 0.717) is 51.6 Å². The first-order valence-corrected chi connectivity index (χ1v) is 10.2. The number of amides is 1. The Labute approximate surface area is 169 Å². The second-order valence-corrected chi connectivity index (χ2v) is 7.81. The molecule has 0 saturated carbocycles. The second kappa shape index (κ2) is 11.9. The zero-order valence-corrected chi connectivity index (χ0v) is 18.8. The molecule has 0 aromatic carbocycles. The lowest BCUT2D eigenvalue weighted by Crippen LogP contribution is -2.46. The fraction of sp³-hybridized carbons (Fsp3) is 0.867. The Morgan fingerprint density at radius 1 is 1.24 bits per heavy atom. The van der Waals surface area contributed by atoms with Crippen molar-refractivity contribution in [1.29, 1.82) is 0 Å². The fourth-order valence-corrected chi connectivity index (χ4v) is 4.15. The summed E-state index contributed by atoms with van der Waals surface area (Å²) in [6, 6.07) is 0. The van der Waals surface area contributed by atoms with Crippen molar-refractivity contribution in [1.82, 2.24) is 19.4 Å². The minimum Gasteiger partial charge on any atom is -0.357 e. The van der Waals surface area contributed by atoms with Gasteiger partial charge in [0.1, 0.15) is 0 Å². The van der Waals surface area contributed by atoms with E-state index in [1.807, 2.05) is 27.8 Å². The van der Waals surface area contributed by atoms with Crippen LogP contribution in [0.15, 0.2) is 4.99 Å². The molecule has 1 fully saturated rings. The maximum absolute atomic E-state index is 12.2. The summed E-state index contributed by atoms with van der Waals surface area (Å²) in [5.41, 5.74) is 0. The van der Waals surface area contributed by atoms with Crippen molar-refractivity contribution in [3.8, 4) is 0 Å². The number of guanidine groups is 1. The van der Waals surface area contributed by atoms with Crippen LogP contribution < -0.4 is 5.32 Å². The normalized spacial score (nSPS) is 17.0. The molecule has 1 aliphatic rings. The Morgan fingerprint density at radius 3 is 2.36 bits per heavy atom. The van der Waals surface area contributed by atoms with Crippen LogP contribution in [-0.2, 0) is 14.8 Å². The Hall–Kier alpha value is -0.620. The van der Waals surface area contributed by atoms with Crippen LogP contribution >= 0.6 is 24.0 Å². The Kier molecular flexibility index (Phi) is 11.6. The second-order valence-electron chi connectivity index (χ2n) is 5.73. The van der Waals surface area contributed by atoms with Gasteiger partial charge in [-0.2, -0.15) is 0 Å². The topological polar surface area (TPSA) is 85.3 Å². The van der Waals surface area contributed by atoms with Crippen LogP contribution in [0.25, 0.3) is 0 Å². The molecule has 0 aliphatic carbocycles. The van der Waals surface area contributed by atoms with E-state index >= 15 is 0 Å². The standard InChI is InChI=1S/C15H31N5O3S.HI/c1-5-16-15(18(4)13-14(21)19(6-2)7-3)17-9-11-20-10-8-12-24(20,22)23;/h5-13H2,1-4H3,(H,16,17);1H. The Balaban J connectivity index is 0.00000576. The summed E-state index contributed by atoms with van der Waals surface area (Å²) in [6.07, 6.45) is 0.685. The number of nitrogens with one attached hydrogen (secondary N) is 1. The first-order chi connectivity index (χ1) is 11.4. The first kappa shape index (κ1) is 24.4. The molecule has 1 N–H and O–H groups in total. The van der Waals surface area contributed by atoms with Crippen molar-refractivity contribution < 1.29 is 13.2 Å². The minimum atomic E-state index is -3.09. The predicted octanol–water partition coefficient (Wildman–Crippen LogP) is 0.406. The maximum atomic E-state index is 12.2. The van der Waals surface area contributed by atoms with Crippen molar-refractivity contribution in [3.63, 3.8) is 0 Å². The number of likely N-dealkylation sites (N-methyl/N-ethyl adjacent to an activating group) is 2. The highest BCUT2D eigenvalue weighted by Crippen LogP contribution is 2.12. The molecule has 1 rings (SSSR count). The number of carbonyl (C=O) groups excluding carboxylic acids is 1. The van der Waals surface area contributed by atoms with Crippen molar-refractivity contribution in [3.05, 3.63) is 0 Å². The smallest absolute Gasteiger partial charge is 0.242 e. The summed E-state index contributed by atoms with van der Waals surface area (Å²) < 4.78 is 25.1. The number of hydrogen-bond donors (Lipinski definition) is 1. The maximum Gasteiger partial charge on any atom is 0.242 e. The molecule has 25 heavy (non-hydrogen) atoms. The quantitative estimate of drug-likeness (QED) is 0.303. The molecule has 0 unspecified atom stereocenters. The Morgan fingerprint density at radius 2 is 1.88 bits per heavy atom. The third-order valence-electron chi connectivity index (χ3n) is 4.00. The van der Waals surface area contributed by atoms with E-state index in [-0.39, 0.29) is 42.2 Å². The zero-order chi connectivity index (χ0) is 18.2. The lowest BCUT2D eigenvalue weighted by Gasteiger charge is -2.25. The van der Waals surface area contributed by atoms with Crippen molar-refractivity contribution in [2.45, 2.75) is 27.2 Å². The molecule has 1 saturated heterocycles. The summed E-state index contributed by atoms with van der Waals surface area (Å²) in [6.45, 7) is 9.51. The van der Waals surface area contributed by atoms with Gasteiger partial charge in [-0.05, 0) is 27.2 Å². The van der Waals surface area contributed by atoms with E-state index in [2.05, 4.69) is 10.3 Å². The van der Waals surface area contributed by atoms with Gasteiger partial charge in [-0.25, -0.2) is 12.7 Å². The first-order valence-electron chi connectivity index (χ1n) is 8.60. The fourth-order valence-electron chi connectivity index (χ4n) is 2.63. The molecular formula is C15H32IN5O3S. The average Bonchev–Trinajstić information content (AvgIpc) is 2.86. The predicted molar refractivity (Wildman–Crippen MR) is 112 cm³/mol. The van der Waals surface area contributed by atoms with E-state index in [4.69, 9.17) is 0 Å². The number of rotatable bonds is 8. The van der Waals surface area contributed by atoms with Gasteiger partial charge in [-0.3, -0.25) is 9.79 Å². The van der Waals surface area contributed by atoms with Crippen LogP contribution in [0.1, 0.15) is 27.2 Å². The van der Waals surface area contributed by atoms with Crippen LogP contribution in [0.4, 0.5) is 0 Å². The number of carbonyl (C=O) groups is 1. The molecule has 10 heteroatoms. The molecule has 148 valence electrons. The van der Waals surface area contributed by atoms with Gasteiger partial charge in [0.15, 0.2) is 5.96 Å². The van der Waals surface area contributed by atoms with Gasteiger partial charge in [0.05, 0.1) is 18.8 Å². The van der Waals surface area contributed by atoms with Crippen molar-refractivity contribution in [2.75, 3.05) is 58.6 Å². The highest BCUT2D eigenvalue weighted by Gasteiger charge is 2.27. The number of halogens is 1. The summed E-state index contributed by atoms with van der Waals surface area (Å²) in [4.78, 5) is 20.2. The van der Waals surface area contributed by atoms with Crippen LogP contribution in [-0.4, -0.2) is 93.0 Å². The molecule has 0 bridgehead atoms. The van der Waals surface area contributed by atoms with E-state index in [1.165, 1.54) is 4.31 Å².